The molecule has 1 aromatic rings. The van der Waals surface area contributed by atoms with Crippen molar-refractivity contribution in [2.45, 2.75) is 29.9 Å². The second-order valence-corrected chi connectivity index (χ2v) is 8.50. The van der Waals surface area contributed by atoms with E-state index in [-0.39, 0.29) is 10.1 Å². The maximum absolute atomic E-state index is 12.5. The van der Waals surface area contributed by atoms with E-state index in [9.17, 15) is 13.2 Å². The molecule has 0 saturated heterocycles. The summed E-state index contributed by atoms with van der Waals surface area (Å²) in [6.07, 6.45) is 4.78. The fraction of sp³-hybridized carbons (Fsp3) is 0.615. The van der Waals surface area contributed by atoms with Crippen molar-refractivity contribution in [3.05, 3.63) is 17.0 Å². The quantitative estimate of drug-likeness (QED) is 0.867. The van der Waals surface area contributed by atoms with Crippen LogP contribution in [0.4, 0.5) is 0 Å². The van der Waals surface area contributed by atoms with Gasteiger partial charge in [0.1, 0.15) is 4.21 Å². The molecule has 1 heterocycles. The van der Waals surface area contributed by atoms with E-state index in [0.717, 1.165) is 24.4 Å². The van der Waals surface area contributed by atoms with Crippen LogP contribution in [0.3, 0.4) is 0 Å². The zero-order chi connectivity index (χ0) is 14.3. The largest absolute Gasteiger partial charge is 0.338 e. The molecule has 0 atom stereocenters. The van der Waals surface area contributed by atoms with Gasteiger partial charge in [0.25, 0.3) is 5.91 Å². The van der Waals surface area contributed by atoms with Crippen LogP contribution >= 0.6 is 11.3 Å². The van der Waals surface area contributed by atoms with Crippen LogP contribution in [0.1, 0.15) is 36.0 Å². The maximum atomic E-state index is 12.5. The highest BCUT2D eigenvalue weighted by atomic mass is 32.2. The lowest BCUT2D eigenvalue weighted by Crippen LogP contribution is -2.34. The highest BCUT2D eigenvalue weighted by Gasteiger charge is 2.32. The van der Waals surface area contributed by atoms with E-state index >= 15 is 0 Å². The molecule has 1 amide bonds. The second-order valence-electron chi connectivity index (χ2n) is 5.80. The molecule has 1 aromatic heterocycles. The molecule has 0 unspecified atom stereocenters. The molecule has 2 aliphatic rings. The van der Waals surface area contributed by atoms with Crippen LogP contribution in [-0.4, -0.2) is 32.3 Å². The molecule has 3 rings (SSSR count). The minimum absolute atomic E-state index is 0.0543. The van der Waals surface area contributed by atoms with Gasteiger partial charge in [0.05, 0.1) is 5.56 Å². The molecule has 20 heavy (non-hydrogen) atoms. The fourth-order valence-corrected chi connectivity index (χ4v) is 3.80. The van der Waals surface area contributed by atoms with Gasteiger partial charge in [0, 0.05) is 18.5 Å². The molecule has 0 aliphatic heterocycles. The Morgan fingerprint density at radius 1 is 1.25 bits per heavy atom. The molecular formula is C13H18N2O3S2. The summed E-state index contributed by atoms with van der Waals surface area (Å²) in [7, 11) is -3.71. The van der Waals surface area contributed by atoms with Gasteiger partial charge in [0.15, 0.2) is 0 Å². The summed E-state index contributed by atoms with van der Waals surface area (Å²) in [6.45, 7) is 1.60. The van der Waals surface area contributed by atoms with E-state index in [4.69, 9.17) is 5.14 Å². The number of carbonyl (C=O) groups excluding carboxylic acids is 1. The molecule has 5 nitrogen and oxygen atoms in total. The number of nitrogens with zero attached hydrogens (tertiary/aromatic N) is 1. The number of hydrogen-bond donors (Lipinski definition) is 1. The van der Waals surface area contributed by atoms with Crippen molar-refractivity contribution >= 4 is 27.3 Å². The molecule has 0 spiro atoms. The minimum Gasteiger partial charge on any atom is -0.338 e. The Morgan fingerprint density at radius 2 is 1.80 bits per heavy atom. The first kappa shape index (κ1) is 14.0. The standard InChI is InChI=1S/C13H18N2O3S2/c14-20(17,18)12-5-11(8-19-12)13(16)15(6-9-1-2-9)7-10-3-4-10/h5,8-10H,1-4,6-7H2,(H2,14,17,18). The van der Waals surface area contributed by atoms with Crippen molar-refractivity contribution in [2.24, 2.45) is 17.0 Å². The third-order valence-electron chi connectivity index (χ3n) is 3.74. The minimum atomic E-state index is -3.71. The van der Waals surface area contributed by atoms with E-state index in [1.807, 2.05) is 4.90 Å². The Labute approximate surface area is 122 Å². The maximum Gasteiger partial charge on any atom is 0.254 e. The predicted octanol–water partition coefficient (Wildman–Crippen LogP) is 1.66. The lowest BCUT2D eigenvalue weighted by atomic mass is 10.2. The van der Waals surface area contributed by atoms with Crippen molar-refractivity contribution in [2.75, 3.05) is 13.1 Å². The normalized spacial score (nSPS) is 19.1. The molecule has 2 saturated carbocycles. The van der Waals surface area contributed by atoms with E-state index in [1.165, 1.54) is 31.7 Å². The molecule has 2 aliphatic carbocycles. The fourth-order valence-electron chi connectivity index (χ4n) is 2.23. The summed E-state index contributed by atoms with van der Waals surface area (Å²) >= 11 is 1.01. The third kappa shape index (κ3) is 3.39. The first-order valence-electron chi connectivity index (χ1n) is 6.84. The third-order valence-corrected chi connectivity index (χ3v) is 6.13. The van der Waals surface area contributed by atoms with Gasteiger partial charge in [0.2, 0.25) is 10.0 Å². The smallest absolute Gasteiger partial charge is 0.254 e. The van der Waals surface area contributed by atoms with E-state index in [1.54, 1.807) is 5.38 Å². The van der Waals surface area contributed by atoms with Crippen LogP contribution < -0.4 is 5.14 Å². The number of thiophene rings is 1. The summed E-state index contributed by atoms with van der Waals surface area (Å²) in [5.41, 5.74) is 0.445. The number of hydrogen-bond acceptors (Lipinski definition) is 4. The van der Waals surface area contributed by atoms with Gasteiger partial charge in [-0.3, -0.25) is 4.79 Å². The first-order chi connectivity index (χ1) is 9.43. The lowest BCUT2D eigenvalue weighted by Gasteiger charge is -2.22. The SMILES string of the molecule is NS(=O)(=O)c1cc(C(=O)N(CC2CC2)CC2CC2)cs1. The Hall–Kier alpha value is -0.920. The van der Waals surface area contributed by atoms with Gasteiger partial charge in [-0.15, -0.1) is 11.3 Å². The van der Waals surface area contributed by atoms with Crippen molar-refractivity contribution in [1.29, 1.82) is 0 Å². The van der Waals surface area contributed by atoms with Crippen molar-refractivity contribution in [3.63, 3.8) is 0 Å². The first-order valence-corrected chi connectivity index (χ1v) is 9.26. The lowest BCUT2D eigenvalue weighted by molar-refractivity contribution is 0.0740. The average Bonchev–Trinajstić information content (AvgIpc) is 3.28. The van der Waals surface area contributed by atoms with Crippen LogP contribution in [-0.2, 0) is 10.0 Å². The molecule has 7 heteroatoms. The Kier molecular flexibility index (Phi) is 3.60. The van der Waals surface area contributed by atoms with Gasteiger partial charge >= 0.3 is 0 Å². The van der Waals surface area contributed by atoms with Crippen molar-refractivity contribution in [1.82, 2.24) is 4.90 Å². The zero-order valence-corrected chi connectivity index (χ0v) is 12.8. The number of sulfonamides is 1. The van der Waals surface area contributed by atoms with E-state index < -0.39 is 10.0 Å². The topological polar surface area (TPSA) is 80.5 Å². The monoisotopic (exact) mass is 314 g/mol. The zero-order valence-electron chi connectivity index (χ0n) is 11.1. The van der Waals surface area contributed by atoms with Gasteiger partial charge < -0.3 is 4.90 Å². The number of amides is 1. The van der Waals surface area contributed by atoms with Crippen LogP contribution in [0.5, 0.6) is 0 Å². The second kappa shape index (κ2) is 5.13. The van der Waals surface area contributed by atoms with Crippen LogP contribution in [0, 0.1) is 11.8 Å². The summed E-state index contributed by atoms with van der Waals surface area (Å²) in [4.78, 5) is 14.4. The summed E-state index contributed by atoms with van der Waals surface area (Å²) in [5.74, 6) is 1.21. The highest BCUT2D eigenvalue weighted by molar-refractivity contribution is 7.91. The summed E-state index contributed by atoms with van der Waals surface area (Å²) in [6, 6.07) is 1.40. The Balaban J connectivity index is 1.75. The molecule has 0 bridgehead atoms. The van der Waals surface area contributed by atoms with E-state index in [2.05, 4.69) is 0 Å². The molecule has 2 fully saturated rings. The molecule has 0 aromatic carbocycles. The Morgan fingerprint density at radius 3 is 2.20 bits per heavy atom. The van der Waals surface area contributed by atoms with Gasteiger partial charge in [-0.05, 0) is 43.6 Å². The summed E-state index contributed by atoms with van der Waals surface area (Å²) in [5, 5.41) is 6.68. The molecule has 110 valence electrons. The van der Waals surface area contributed by atoms with Crippen molar-refractivity contribution < 1.29 is 13.2 Å². The number of carbonyl (C=O) groups is 1. The van der Waals surface area contributed by atoms with Crippen molar-refractivity contribution in [3.8, 4) is 0 Å². The van der Waals surface area contributed by atoms with Crippen LogP contribution in [0.2, 0.25) is 0 Å². The number of rotatable bonds is 6. The van der Waals surface area contributed by atoms with Gasteiger partial charge in [-0.1, -0.05) is 0 Å². The Bertz CT molecular complexity index is 601. The average molecular weight is 314 g/mol. The molecule has 2 N–H and O–H groups in total. The van der Waals surface area contributed by atoms with Crippen LogP contribution in [0.15, 0.2) is 15.7 Å². The number of nitrogens with two attached hydrogens (primary N) is 1. The number of primary sulfonamides is 1. The summed E-state index contributed by atoms with van der Waals surface area (Å²) < 4.78 is 22.6. The molecular weight excluding hydrogens is 296 g/mol. The van der Waals surface area contributed by atoms with Crippen LogP contribution in [0.25, 0.3) is 0 Å². The van der Waals surface area contributed by atoms with E-state index in [0.29, 0.717) is 17.4 Å². The molecule has 0 radical (unpaired) electrons. The highest BCUT2D eigenvalue weighted by Crippen LogP contribution is 2.34. The van der Waals surface area contributed by atoms with Gasteiger partial charge in [-0.2, -0.15) is 0 Å². The van der Waals surface area contributed by atoms with Gasteiger partial charge in [-0.25, -0.2) is 13.6 Å². The predicted molar refractivity (Wildman–Crippen MR) is 77.0 cm³/mol.